The third kappa shape index (κ3) is 2.30. The molecular formula is C13H7ClN2O4S. The maximum atomic E-state index is 12.1. The highest BCUT2D eigenvalue weighted by molar-refractivity contribution is 7.90. The first kappa shape index (κ1) is 13.7. The quantitative estimate of drug-likeness (QED) is 0.628. The van der Waals surface area contributed by atoms with Crippen LogP contribution < -0.4 is 0 Å². The lowest BCUT2D eigenvalue weighted by molar-refractivity contribution is -0.385. The highest BCUT2D eigenvalue weighted by atomic mass is 35.5. The van der Waals surface area contributed by atoms with Gasteiger partial charge in [-0.2, -0.15) is 12.8 Å². The van der Waals surface area contributed by atoms with Crippen LogP contribution in [-0.4, -0.2) is 19.1 Å². The Hall–Kier alpha value is -2.25. The Kier molecular flexibility index (Phi) is 3.03. The molecule has 0 unspecified atom stereocenters. The number of sulfonamides is 1. The molecule has 0 aliphatic carbocycles. The molecule has 0 bridgehead atoms. The van der Waals surface area contributed by atoms with Crippen molar-refractivity contribution in [2.45, 2.75) is 4.90 Å². The first-order valence-electron chi connectivity index (χ1n) is 5.78. The van der Waals surface area contributed by atoms with Crippen LogP contribution in [0.3, 0.4) is 0 Å². The normalized spacial score (nSPS) is 15.4. The van der Waals surface area contributed by atoms with Crippen LogP contribution in [0.2, 0.25) is 5.02 Å². The number of rotatable bonds is 2. The zero-order chi connectivity index (χ0) is 15.2. The predicted octanol–water partition coefficient (Wildman–Crippen LogP) is 2.79. The number of hydrogen-bond acceptors (Lipinski definition) is 4. The molecule has 0 saturated carbocycles. The molecule has 8 heteroatoms. The van der Waals surface area contributed by atoms with E-state index in [1.165, 1.54) is 12.1 Å². The van der Waals surface area contributed by atoms with Gasteiger partial charge < -0.3 is 0 Å². The van der Waals surface area contributed by atoms with Crippen LogP contribution in [0.15, 0.2) is 51.8 Å². The maximum absolute atomic E-state index is 12.1. The third-order valence-electron chi connectivity index (χ3n) is 3.02. The van der Waals surface area contributed by atoms with Gasteiger partial charge in [0.05, 0.1) is 10.6 Å². The van der Waals surface area contributed by atoms with E-state index in [4.69, 9.17) is 11.6 Å². The number of nitro groups is 1. The van der Waals surface area contributed by atoms with Gasteiger partial charge >= 0.3 is 0 Å². The largest absolute Gasteiger partial charge is 0.283 e. The summed E-state index contributed by atoms with van der Waals surface area (Å²) in [7, 11) is -3.93. The second-order valence-corrected chi connectivity index (χ2v) is 6.37. The summed E-state index contributed by atoms with van der Waals surface area (Å²) in [5.41, 5.74) is 0.823. The zero-order valence-corrected chi connectivity index (χ0v) is 11.9. The average Bonchev–Trinajstić information content (AvgIpc) is 2.70. The second-order valence-electron chi connectivity index (χ2n) is 4.36. The van der Waals surface area contributed by atoms with Crippen molar-refractivity contribution in [1.29, 1.82) is 0 Å². The molecule has 2 aromatic carbocycles. The van der Waals surface area contributed by atoms with Crippen LogP contribution >= 0.6 is 11.6 Å². The smallest absolute Gasteiger partial charge is 0.258 e. The van der Waals surface area contributed by atoms with Crippen molar-refractivity contribution < 1.29 is 13.3 Å². The molecule has 0 N–H and O–H groups in total. The number of benzene rings is 2. The first-order chi connectivity index (χ1) is 9.88. The van der Waals surface area contributed by atoms with Gasteiger partial charge in [-0.15, -0.1) is 0 Å². The summed E-state index contributed by atoms with van der Waals surface area (Å²) in [5, 5.41) is 11.2. The van der Waals surface area contributed by atoms with E-state index in [-0.39, 0.29) is 16.3 Å². The van der Waals surface area contributed by atoms with Crippen LogP contribution in [0.25, 0.3) is 0 Å². The summed E-state index contributed by atoms with van der Waals surface area (Å²) < 4.78 is 27.8. The Morgan fingerprint density at radius 3 is 2.57 bits per heavy atom. The molecule has 2 aromatic rings. The molecule has 0 amide bonds. The number of hydrogen-bond donors (Lipinski definition) is 0. The number of halogens is 1. The monoisotopic (exact) mass is 322 g/mol. The molecule has 3 rings (SSSR count). The standard InChI is InChI=1S/C13H7ClN2O4S/c14-9-3-1-2-8(6-9)13-11-5-4-10(16(17)18)7-12(11)21(19,20)15-13/h1-7H. The molecule has 1 aliphatic heterocycles. The van der Waals surface area contributed by atoms with Gasteiger partial charge in [0.15, 0.2) is 0 Å². The van der Waals surface area contributed by atoms with Crippen molar-refractivity contribution in [2.24, 2.45) is 4.40 Å². The topological polar surface area (TPSA) is 89.6 Å². The van der Waals surface area contributed by atoms with Gasteiger partial charge in [-0.3, -0.25) is 10.1 Å². The van der Waals surface area contributed by atoms with Crippen molar-refractivity contribution in [3.63, 3.8) is 0 Å². The summed E-state index contributed by atoms with van der Waals surface area (Å²) >= 11 is 5.89. The second kappa shape index (κ2) is 4.64. The summed E-state index contributed by atoms with van der Waals surface area (Å²) in [4.78, 5) is 9.96. The fraction of sp³-hybridized carbons (Fsp3) is 0. The van der Waals surface area contributed by atoms with E-state index >= 15 is 0 Å². The minimum Gasteiger partial charge on any atom is -0.258 e. The Bertz CT molecular complexity index is 906. The van der Waals surface area contributed by atoms with Crippen LogP contribution in [-0.2, 0) is 10.0 Å². The lowest BCUT2D eigenvalue weighted by atomic mass is 10.0. The van der Waals surface area contributed by atoms with E-state index < -0.39 is 14.9 Å². The molecule has 106 valence electrons. The fourth-order valence-electron chi connectivity index (χ4n) is 2.10. The van der Waals surface area contributed by atoms with E-state index in [9.17, 15) is 18.5 Å². The number of non-ortho nitro benzene ring substituents is 1. The van der Waals surface area contributed by atoms with E-state index in [1.807, 2.05) is 0 Å². The van der Waals surface area contributed by atoms with Crippen LogP contribution in [0.1, 0.15) is 11.1 Å². The number of nitrogens with zero attached hydrogens (tertiary/aromatic N) is 2. The highest BCUT2D eigenvalue weighted by Gasteiger charge is 2.31. The lowest BCUT2D eigenvalue weighted by Gasteiger charge is -2.02. The number of fused-ring (bicyclic) bond motifs is 1. The fourth-order valence-corrected chi connectivity index (χ4v) is 3.54. The van der Waals surface area contributed by atoms with E-state index in [0.29, 0.717) is 16.1 Å². The maximum Gasteiger partial charge on any atom is 0.283 e. The van der Waals surface area contributed by atoms with Gasteiger partial charge in [-0.1, -0.05) is 23.7 Å². The number of nitro benzene ring substituents is 1. The van der Waals surface area contributed by atoms with Gasteiger partial charge in [0, 0.05) is 28.3 Å². The summed E-state index contributed by atoms with van der Waals surface area (Å²) in [6.07, 6.45) is 0. The molecule has 6 nitrogen and oxygen atoms in total. The van der Waals surface area contributed by atoms with Crippen molar-refractivity contribution >= 4 is 33.0 Å². The Morgan fingerprint density at radius 2 is 1.90 bits per heavy atom. The zero-order valence-electron chi connectivity index (χ0n) is 10.4. The van der Waals surface area contributed by atoms with E-state index in [0.717, 1.165) is 6.07 Å². The Labute approximate surface area is 124 Å². The summed E-state index contributed by atoms with van der Waals surface area (Å²) in [5.74, 6) is 0. The molecule has 0 fully saturated rings. The van der Waals surface area contributed by atoms with Crippen LogP contribution in [0.4, 0.5) is 5.69 Å². The van der Waals surface area contributed by atoms with Crippen molar-refractivity contribution in [2.75, 3.05) is 0 Å². The molecule has 21 heavy (non-hydrogen) atoms. The van der Waals surface area contributed by atoms with Gasteiger partial charge in [-0.05, 0) is 18.2 Å². The molecule has 1 heterocycles. The third-order valence-corrected chi connectivity index (χ3v) is 4.57. The Balaban J connectivity index is 2.23. The molecule has 0 aromatic heterocycles. The molecule has 0 radical (unpaired) electrons. The molecule has 0 atom stereocenters. The summed E-state index contributed by atoms with van der Waals surface area (Å²) in [6.45, 7) is 0. The molecular weight excluding hydrogens is 316 g/mol. The first-order valence-corrected chi connectivity index (χ1v) is 7.60. The molecule has 0 saturated heterocycles. The minimum absolute atomic E-state index is 0.160. The molecule has 0 spiro atoms. The van der Waals surface area contributed by atoms with Crippen molar-refractivity contribution in [3.05, 3.63) is 68.7 Å². The summed E-state index contributed by atoms with van der Waals surface area (Å²) in [6, 6.07) is 10.3. The van der Waals surface area contributed by atoms with Crippen molar-refractivity contribution in [3.8, 4) is 0 Å². The lowest BCUT2D eigenvalue weighted by Crippen LogP contribution is -2.01. The Morgan fingerprint density at radius 1 is 1.14 bits per heavy atom. The van der Waals surface area contributed by atoms with Crippen LogP contribution in [0, 0.1) is 10.1 Å². The van der Waals surface area contributed by atoms with E-state index in [2.05, 4.69) is 4.40 Å². The SMILES string of the molecule is O=[N+]([O-])c1ccc2c(c1)S(=O)(=O)N=C2c1cccc(Cl)c1. The highest BCUT2D eigenvalue weighted by Crippen LogP contribution is 2.32. The average molecular weight is 323 g/mol. The minimum atomic E-state index is -3.93. The van der Waals surface area contributed by atoms with E-state index in [1.54, 1.807) is 24.3 Å². The van der Waals surface area contributed by atoms with Crippen LogP contribution in [0.5, 0.6) is 0 Å². The van der Waals surface area contributed by atoms with Gasteiger partial charge in [0.2, 0.25) is 0 Å². The van der Waals surface area contributed by atoms with Gasteiger partial charge in [0.25, 0.3) is 15.7 Å². The predicted molar refractivity (Wildman–Crippen MR) is 77.4 cm³/mol. The van der Waals surface area contributed by atoms with Gasteiger partial charge in [-0.25, -0.2) is 0 Å². The van der Waals surface area contributed by atoms with Crippen molar-refractivity contribution in [1.82, 2.24) is 0 Å². The van der Waals surface area contributed by atoms with Gasteiger partial charge in [0.1, 0.15) is 4.90 Å². The molecule has 1 aliphatic rings.